The van der Waals surface area contributed by atoms with Crippen LogP contribution in [0.15, 0.2) is 12.7 Å². The summed E-state index contributed by atoms with van der Waals surface area (Å²) in [5.41, 5.74) is 1.28. The minimum Gasteiger partial charge on any atom is -0.103 e. The van der Waals surface area contributed by atoms with Gasteiger partial charge in [-0.2, -0.15) is 0 Å². The first kappa shape index (κ1) is 17.1. The van der Waals surface area contributed by atoms with Crippen LogP contribution < -0.4 is 0 Å². The Balaban J connectivity index is 2.51. The van der Waals surface area contributed by atoms with E-state index in [9.17, 15) is 0 Å². The summed E-state index contributed by atoms with van der Waals surface area (Å²) in [6, 6.07) is 0. The normalized spacial score (nSPS) is 35.8. The molecule has 0 bridgehead atoms. The number of hydrogen-bond acceptors (Lipinski definition) is 0. The highest BCUT2D eigenvalue weighted by Crippen LogP contribution is 2.71. The molecule has 4 unspecified atom stereocenters. The second-order valence-corrected chi connectivity index (χ2v) is 8.72. The van der Waals surface area contributed by atoms with Crippen LogP contribution in [0.3, 0.4) is 0 Å². The van der Waals surface area contributed by atoms with Crippen LogP contribution >= 0.6 is 0 Å². The zero-order valence-corrected chi connectivity index (χ0v) is 15.3. The summed E-state index contributed by atoms with van der Waals surface area (Å²) in [6.07, 6.45) is 15.0. The fourth-order valence-corrected chi connectivity index (χ4v) is 6.71. The maximum atomic E-state index is 4.38. The van der Waals surface area contributed by atoms with Crippen molar-refractivity contribution in [1.29, 1.82) is 0 Å². The highest BCUT2D eigenvalue weighted by molar-refractivity contribution is 5.18. The van der Waals surface area contributed by atoms with Crippen molar-refractivity contribution in [3.8, 4) is 0 Å². The Morgan fingerprint density at radius 1 is 1.19 bits per heavy atom. The lowest BCUT2D eigenvalue weighted by Crippen LogP contribution is -2.54. The Labute approximate surface area is 133 Å². The summed E-state index contributed by atoms with van der Waals surface area (Å²) in [5.74, 6) is 1.74. The molecule has 0 N–H and O–H groups in total. The largest absolute Gasteiger partial charge is 0.103 e. The van der Waals surface area contributed by atoms with Gasteiger partial charge in [-0.05, 0) is 60.2 Å². The first-order chi connectivity index (χ1) is 9.89. The Hall–Kier alpha value is -0.260. The van der Waals surface area contributed by atoms with Crippen molar-refractivity contribution in [2.75, 3.05) is 0 Å². The monoisotopic (exact) mass is 290 g/mol. The quantitative estimate of drug-likeness (QED) is 0.462. The molecule has 2 aliphatic carbocycles. The first-order valence-corrected chi connectivity index (χ1v) is 9.53. The maximum absolute atomic E-state index is 4.38. The molecule has 2 fully saturated rings. The Kier molecular flexibility index (Phi) is 4.96. The van der Waals surface area contributed by atoms with Crippen molar-refractivity contribution in [2.24, 2.45) is 28.1 Å². The van der Waals surface area contributed by atoms with E-state index in [1.807, 2.05) is 0 Å². The number of rotatable bonds is 6. The third-order valence-corrected chi connectivity index (χ3v) is 7.76. The summed E-state index contributed by atoms with van der Waals surface area (Å²) < 4.78 is 0. The standard InChI is InChI=1S/C21H38/c1-7-12-17(8-2)20(6,9-3)21-15-11-10-13-18(21)14-16-19(21,4)5/h9,17-18H,3,7-8,10-16H2,1-2,4-6H3. The number of allylic oxidation sites excluding steroid dienone is 1. The second-order valence-electron chi connectivity index (χ2n) is 8.72. The van der Waals surface area contributed by atoms with Crippen molar-refractivity contribution in [3.05, 3.63) is 12.7 Å². The Morgan fingerprint density at radius 2 is 1.90 bits per heavy atom. The van der Waals surface area contributed by atoms with Gasteiger partial charge in [0.05, 0.1) is 0 Å². The third kappa shape index (κ3) is 2.32. The summed E-state index contributed by atoms with van der Waals surface area (Å²) in [5, 5.41) is 0. The Morgan fingerprint density at radius 3 is 2.48 bits per heavy atom. The molecule has 0 aromatic rings. The van der Waals surface area contributed by atoms with Crippen LogP contribution in [0, 0.1) is 28.1 Å². The zero-order chi connectivity index (χ0) is 15.7. The predicted octanol–water partition coefficient (Wildman–Crippen LogP) is 7.00. The predicted molar refractivity (Wildman–Crippen MR) is 94.4 cm³/mol. The molecule has 0 spiro atoms. The molecule has 21 heavy (non-hydrogen) atoms. The SMILES string of the molecule is C=CC(C)(C(CC)CCC)C12CCCCC1CCC2(C)C. The van der Waals surface area contributed by atoms with Crippen molar-refractivity contribution in [3.63, 3.8) is 0 Å². The first-order valence-electron chi connectivity index (χ1n) is 9.53. The molecule has 0 radical (unpaired) electrons. The van der Waals surface area contributed by atoms with Gasteiger partial charge in [-0.3, -0.25) is 0 Å². The lowest BCUT2D eigenvalue weighted by Gasteiger charge is -2.61. The molecular formula is C21H38. The molecule has 2 saturated carbocycles. The lowest BCUT2D eigenvalue weighted by atomic mass is 9.43. The van der Waals surface area contributed by atoms with E-state index >= 15 is 0 Å². The van der Waals surface area contributed by atoms with Gasteiger partial charge in [0.1, 0.15) is 0 Å². The van der Waals surface area contributed by atoms with E-state index < -0.39 is 0 Å². The fraction of sp³-hybridized carbons (Fsp3) is 0.905. The molecule has 4 atom stereocenters. The molecule has 0 aromatic heterocycles. The molecule has 2 aliphatic rings. The highest BCUT2D eigenvalue weighted by atomic mass is 14.7. The molecule has 0 saturated heterocycles. The van der Waals surface area contributed by atoms with Crippen LogP contribution in [0.5, 0.6) is 0 Å². The van der Waals surface area contributed by atoms with Gasteiger partial charge < -0.3 is 0 Å². The summed E-state index contributed by atoms with van der Waals surface area (Å²) in [7, 11) is 0. The van der Waals surface area contributed by atoms with Crippen molar-refractivity contribution in [1.82, 2.24) is 0 Å². The van der Waals surface area contributed by atoms with E-state index in [0.717, 1.165) is 11.8 Å². The average Bonchev–Trinajstić information content (AvgIpc) is 2.77. The Bertz CT molecular complexity index is 366. The van der Waals surface area contributed by atoms with Gasteiger partial charge in [-0.1, -0.05) is 66.4 Å². The van der Waals surface area contributed by atoms with Gasteiger partial charge in [0.15, 0.2) is 0 Å². The minimum atomic E-state index is 0.308. The van der Waals surface area contributed by atoms with Gasteiger partial charge in [-0.15, -0.1) is 6.58 Å². The van der Waals surface area contributed by atoms with E-state index in [1.165, 1.54) is 57.8 Å². The molecule has 0 heterocycles. The summed E-state index contributed by atoms with van der Waals surface area (Å²) in [4.78, 5) is 0. The molecule has 0 aliphatic heterocycles. The van der Waals surface area contributed by atoms with E-state index in [0.29, 0.717) is 16.2 Å². The second kappa shape index (κ2) is 6.09. The van der Waals surface area contributed by atoms with Crippen LogP contribution in [0.4, 0.5) is 0 Å². The molecule has 2 rings (SSSR count). The number of hydrogen-bond donors (Lipinski definition) is 0. The topological polar surface area (TPSA) is 0 Å². The molecule has 0 amide bonds. The van der Waals surface area contributed by atoms with E-state index in [1.54, 1.807) is 0 Å². The maximum Gasteiger partial charge on any atom is -0.00569 e. The molecule has 0 aromatic carbocycles. The van der Waals surface area contributed by atoms with Crippen LogP contribution in [0.2, 0.25) is 0 Å². The van der Waals surface area contributed by atoms with Gasteiger partial charge in [0.25, 0.3) is 0 Å². The van der Waals surface area contributed by atoms with Gasteiger partial charge >= 0.3 is 0 Å². The highest BCUT2D eigenvalue weighted by Gasteiger charge is 2.64. The van der Waals surface area contributed by atoms with E-state index in [-0.39, 0.29) is 0 Å². The summed E-state index contributed by atoms with van der Waals surface area (Å²) in [6.45, 7) is 16.8. The average molecular weight is 291 g/mol. The van der Waals surface area contributed by atoms with Gasteiger partial charge in [-0.25, -0.2) is 0 Å². The molecule has 0 nitrogen and oxygen atoms in total. The van der Waals surface area contributed by atoms with Crippen LogP contribution in [0.1, 0.15) is 92.4 Å². The van der Waals surface area contributed by atoms with Crippen molar-refractivity contribution < 1.29 is 0 Å². The fourth-order valence-electron chi connectivity index (χ4n) is 6.71. The molecule has 122 valence electrons. The van der Waals surface area contributed by atoms with Crippen LogP contribution in [-0.2, 0) is 0 Å². The van der Waals surface area contributed by atoms with Crippen LogP contribution in [0.25, 0.3) is 0 Å². The zero-order valence-electron chi connectivity index (χ0n) is 15.3. The summed E-state index contributed by atoms with van der Waals surface area (Å²) >= 11 is 0. The van der Waals surface area contributed by atoms with Gasteiger partial charge in [0.2, 0.25) is 0 Å². The van der Waals surface area contributed by atoms with Crippen LogP contribution in [-0.4, -0.2) is 0 Å². The molecular weight excluding hydrogens is 252 g/mol. The lowest BCUT2D eigenvalue weighted by molar-refractivity contribution is -0.103. The third-order valence-electron chi connectivity index (χ3n) is 7.76. The number of fused-ring (bicyclic) bond motifs is 1. The van der Waals surface area contributed by atoms with Crippen molar-refractivity contribution >= 4 is 0 Å². The van der Waals surface area contributed by atoms with Crippen molar-refractivity contribution in [2.45, 2.75) is 92.4 Å². The van der Waals surface area contributed by atoms with Gasteiger partial charge in [0, 0.05) is 0 Å². The minimum absolute atomic E-state index is 0.308. The van der Waals surface area contributed by atoms with E-state index in [4.69, 9.17) is 0 Å². The van der Waals surface area contributed by atoms with E-state index in [2.05, 4.69) is 47.3 Å². The smallest absolute Gasteiger partial charge is 0.00569 e. The molecule has 0 heteroatoms.